The molecule has 3 rings (SSSR count). The standard InChI is InChI=1S/C19H26ClN3O2S/c1-2-3-12-26(24,25)23-16-7-5-15(6-8-16)22-18-10-11-21-19-13-14(20)4-9-17(18)19/h4,9-11,13,15-16,23H,2-3,5-8,12H2,1H3,(H,21,22). The summed E-state index contributed by atoms with van der Waals surface area (Å²) in [7, 11) is -3.14. The van der Waals surface area contributed by atoms with Crippen LogP contribution in [0.2, 0.25) is 5.02 Å². The fourth-order valence-electron chi connectivity index (χ4n) is 3.47. The molecular formula is C19H26ClN3O2S. The monoisotopic (exact) mass is 395 g/mol. The van der Waals surface area contributed by atoms with Crippen LogP contribution in [-0.2, 0) is 10.0 Å². The van der Waals surface area contributed by atoms with E-state index in [9.17, 15) is 8.42 Å². The first kappa shape index (κ1) is 19.4. The first-order valence-electron chi connectivity index (χ1n) is 9.27. The van der Waals surface area contributed by atoms with Crippen molar-refractivity contribution in [2.45, 2.75) is 57.5 Å². The van der Waals surface area contributed by atoms with Crippen LogP contribution in [0, 0.1) is 0 Å². The number of fused-ring (bicyclic) bond motifs is 1. The van der Waals surface area contributed by atoms with E-state index in [1.807, 2.05) is 31.2 Å². The molecule has 5 nitrogen and oxygen atoms in total. The van der Waals surface area contributed by atoms with Crippen LogP contribution in [0.15, 0.2) is 30.5 Å². The lowest BCUT2D eigenvalue weighted by Gasteiger charge is -2.30. The third-order valence-electron chi connectivity index (χ3n) is 4.90. The van der Waals surface area contributed by atoms with Gasteiger partial charge in [-0.3, -0.25) is 4.98 Å². The highest BCUT2D eigenvalue weighted by atomic mass is 35.5. The molecule has 1 saturated carbocycles. The van der Waals surface area contributed by atoms with Gasteiger partial charge in [-0.25, -0.2) is 13.1 Å². The summed E-state index contributed by atoms with van der Waals surface area (Å²) in [5.41, 5.74) is 1.93. The molecule has 0 saturated heterocycles. The van der Waals surface area contributed by atoms with Crippen LogP contribution in [0.25, 0.3) is 10.9 Å². The van der Waals surface area contributed by atoms with Gasteiger partial charge in [0.1, 0.15) is 0 Å². The van der Waals surface area contributed by atoms with Crippen LogP contribution >= 0.6 is 11.6 Å². The Labute approximate surface area is 160 Å². The Kier molecular flexibility index (Phi) is 6.37. The first-order valence-corrected chi connectivity index (χ1v) is 11.3. The Balaban J connectivity index is 1.58. The lowest BCUT2D eigenvalue weighted by Crippen LogP contribution is -2.41. The normalized spacial score (nSPS) is 21.0. The number of unbranched alkanes of at least 4 members (excludes halogenated alkanes) is 1. The average molecular weight is 396 g/mol. The predicted molar refractivity (Wildman–Crippen MR) is 108 cm³/mol. The zero-order valence-electron chi connectivity index (χ0n) is 15.0. The molecule has 26 heavy (non-hydrogen) atoms. The molecule has 1 aliphatic carbocycles. The van der Waals surface area contributed by atoms with Gasteiger partial charge in [0.05, 0.1) is 11.3 Å². The van der Waals surface area contributed by atoms with E-state index in [0.29, 0.717) is 17.5 Å². The lowest BCUT2D eigenvalue weighted by atomic mass is 9.91. The lowest BCUT2D eigenvalue weighted by molar-refractivity contribution is 0.387. The van der Waals surface area contributed by atoms with Gasteiger partial charge in [-0.1, -0.05) is 24.9 Å². The van der Waals surface area contributed by atoms with Gasteiger partial charge < -0.3 is 5.32 Å². The van der Waals surface area contributed by atoms with Crippen molar-refractivity contribution in [2.24, 2.45) is 0 Å². The van der Waals surface area contributed by atoms with Crippen molar-refractivity contribution in [1.29, 1.82) is 0 Å². The van der Waals surface area contributed by atoms with E-state index >= 15 is 0 Å². The van der Waals surface area contributed by atoms with Gasteiger partial charge in [0, 0.05) is 34.4 Å². The second kappa shape index (κ2) is 8.55. The van der Waals surface area contributed by atoms with Crippen molar-refractivity contribution in [1.82, 2.24) is 9.71 Å². The zero-order valence-corrected chi connectivity index (χ0v) is 16.6. The summed E-state index contributed by atoms with van der Waals surface area (Å²) in [5.74, 6) is 0.229. The third-order valence-corrected chi connectivity index (χ3v) is 6.66. The molecule has 2 aromatic rings. The summed E-state index contributed by atoms with van der Waals surface area (Å²) in [4.78, 5) is 4.37. The number of nitrogens with one attached hydrogen (secondary N) is 2. The maximum absolute atomic E-state index is 12.1. The number of nitrogens with zero attached hydrogens (tertiary/aromatic N) is 1. The van der Waals surface area contributed by atoms with Gasteiger partial charge >= 0.3 is 0 Å². The van der Waals surface area contributed by atoms with Crippen LogP contribution in [0.1, 0.15) is 45.4 Å². The molecule has 0 bridgehead atoms. The minimum Gasteiger partial charge on any atom is -0.382 e. The average Bonchev–Trinajstić information content (AvgIpc) is 2.61. The number of rotatable bonds is 7. The van der Waals surface area contributed by atoms with Crippen molar-refractivity contribution in [2.75, 3.05) is 11.1 Å². The van der Waals surface area contributed by atoms with E-state index in [0.717, 1.165) is 48.7 Å². The van der Waals surface area contributed by atoms with Crippen molar-refractivity contribution in [3.05, 3.63) is 35.5 Å². The molecule has 7 heteroatoms. The second-order valence-electron chi connectivity index (χ2n) is 7.00. The molecule has 0 aliphatic heterocycles. The summed E-state index contributed by atoms with van der Waals surface area (Å²) in [6.45, 7) is 2.00. The minimum atomic E-state index is -3.14. The highest BCUT2D eigenvalue weighted by Gasteiger charge is 2.24. The van der Waals surface area contributed by atoms with Crippen molar-refractivity contribution >= 4 is 38.2 Å². The van der Waals surface area contributed by atoms with Gasteiger partial charge in [-0.15, -0.1) is 0 Å². The van der Waals surface area contributed by atoms with E-state index in [2.05, 4.69) is 15.0 Å². The van der Waals surface area contributed by atoms with Crippen LogP contribution in [0.5, 0.6) is 0 Å². The first-order chi connectivity index (χ1) is 12.5. The Bertz CT molecular complexity index is 849. The van der Waals surface area contributed by atoms with Crippen LogP contribution < -0.4 is 10.0 Å². The molecule has 2 N–H and O–H groups in total. The molecule has 0 amide bonds. The summed E-state index contributed by atoms with van der Waals surface area (Å²) in [6.07, 6.45) is 7.00. The van der Waals surface area contributed by atoms with Gasteiger partial charge in [0.25, 0.3) is 0 Å². The second-order valence-corrected chi connectivity index (χ2v) is 9.31. The Hall–Kier alpha value is -1.37. The van der Waals surface area contributed by atoms with E-state index in [4.69, 9.17) is 11.6 Å². The number of anilines is 1. The number of aromatic nitrogens is 1. The van der Waals surface area contributed by atoms with Crippen LogP contribution in [-0.4, -0.2) is 31.2 Å². The zero-order chi connectivity index (χ0) is 18.6. The summed E-state index contributed by atoms with van der Waals surface area (Å²) in [6, 6.07) is 8.11. The molecule has 1 aliphatic rings. The topological polar surface area (TPSA) is 71.1 Å². The van der Waals surface area contributed by atoms with Crippen molar-refractivity contribution in [3.8, 4) is 0 Å². The largest absolute Gasteiger partial charge is 0.382 e. The molecule has 1 heterocycles. The van der Waals surface area contributed by atoms with Crippen LogP contribution in [0.3, 0.4) is 0 Å². The van der Waals surface area contributed by atoms with Gasteiger partial charge in [-0.2, -0.15) is 0 Å². The molecule has 0 unspecified atom stereocenters. The predicted octanol–water partition coefficient (Wildman–Crippen LogP) is 4.33. The number of hydrogen-bond acceptors (Lipinski definition) is 4. The number of sulfonamides is 1. The fraction of sp³-hybridized carbons (Fsp3) is 0.526. The third kappa shape index (κ3) is 5.09. The SMILES string of the molecule is CCCCS(=O)(=O)NC1CCC(Nc2ccnc3cc(Cl)ccc23)CC1. The van der Waals surface area contributed by atoms with E-state index in [1.54, 1.807) is 6.20 Å². The molecule has 142 valence electrons. The molecule has 0 radical (unpaired) electrons. The molecule has 1 aromatic heterocycles. The summed E-state index contributed by atoms with van der Waals surface area (Å²) in [5, 5.41) is 5.33. The van der Waals surface area contributed by atoms with E-state index in [-0.39, 0.29) is 11.8 Å². The highest BCUT2D eigenvalue weighted by molar-refractivity contribution is 7.89. The van der Waals surface area contributed by atoms with E-state index in [1.165, 1.54) is 0 Å². The number of hydrogen-bond donors (Lipinski definition) is 2. The Morgan fingerprint density at radius 1 is 1.15 bits per heavy atom. The van der Waals surface area contributed by atoms with Gasteiger partial charge in [0.15, 0.2) is 0 Å². The summed E-state index contributed by atoms with van der Waals surface area (Å²) < 4.78 is 27.0. The fourth-order valence-corrected chi connectivity index (χ4v) is 5.17. The quantitative estimate of drug-likeness (QED) is 0.731. The number of benzene rings is 1. The molecule has 1 fully saturated rings. The maximum Gasteiger partial charge on any atom is 0.211 e. The smallest absolute Gasteiger partial charge is 0.211 e. The molecule has 1 aromatic carbocycles. The van der Waals surface area contributed by atoms with Crippen LogP contribution in [0.4, 0.5) is 5.69 Å². The molecule has 0 spiro atoms. The maximum atomic E-state index is 12.1. The Morgan fingerprint density at radius 2 is 1.88 bits per heavy atom. The minimum absolute atomic E-state index is 0.0582. The van der Waals surface area contributed by atoms with Crippen molar-refractivity contribution < 1.29 is 8.42 Å². The van der Waals surface area contributed by atoms with Crippen molar-refractivity contribution in [3.63, 3.8) is 0 Å². The van der Waals surface area contributed by atoms with Gasteiger partial charge in [-0.05, 0) is 56.4 Å². The molecular weight excluding hydrogens is 370 g/mol. The number of pyridine rings is 1. The molecule has 0 atom stereocenters. The highest BCUT2D eigenvalue weighted by Crippen LogP contribution is 2.28. The number of halogens is 1. The van der Waals surface area contributed by atoms with Gasteiger partial charge in [0.2, 0.25) is 10.0 Å². The van der Waals surface area contributed by atoms with E-state index < -0.39 is 10.0 Å². The Morgan fingerprint density at radius 3 is 2.62 bits per heavy atom. The summed E-state index contributed by atoms with van der Waals surface area (Å²) >= 11 is 6.05.